The first kappa shape index (κ1) is 53.2. The van der Waals surface area contributed by atoms with E-state index in [1.54, 1.807) is 0 Å². The van der Waals surface area contributed by atoms with Gasteiger partial charge in [-0.15, -0.1) is 10.2 Å². The van der Waals surface area contributed by atoms with E-state index in [0.717, 1.165) is 30.3 Å². The van der Waals surface area contributed by atoms with Crippen LogP contribution in [0.25, 0.3) is 32.6 Å². The molecule has 1 amide bonds. The summed E-state index contributed by atoms with van der Waals surface area (Å²) < 4.78 is 146. The number of aromatic nitrogens is 2. The number of amides is 1. The van der Waals surface area contributed by atoms with Crippen LogP contribution in [0.15, 0.2) is 96.5 Å². The van der Waals surface area contributed by atoms with Gasteiger partial charge in [0.05, 0.1) is 36.3 Å². The molecule has 19 nitrogen and oxygen atoms in total. The number of aromatic hydroxyl groups is 1. The zero-order valence-corrected chi connectivity index (χ0v) is 42.6. The largest absolute Gasteiger partial charge is 1.00 e. The first-order valence-electron chi connectivity index (χ1n) is 14.0. The molecule has 0 fully saturated rings. The number of phenols is 1. The Morgan fingerprint density at radius 1 is 0.655 bits per heavy atom. The summed E-state index contributed by atoms with van der Waals surface area (Å²) in [5, 5.41) is 18.0. The number of hydrogen-bond acceptors (Lipinski definition) is 18. The number of phenolic OH excluding ortho intramolecular Hbond substituents is 1. The van der Waals surface area contributed by atoms with Crippen molar-refractivity contribution in [2.75, 3.05) is 5.32 Å². The molecule has 1 aromatic heterocycles. The van der Waals surface area contributed by atoms with Crippen LogP contribution in [-0.2, 0) is 40.5 Å². The summed E-state index contributed by atoms with van der Waals surface area (Å²) in [5.74, 6) is -2.32. The topological polar surface area (TPSA) is 329 Å². The minimum absolute atomic E-state index is 0. The second-order valence-electron chi connectivity index (χ2n) is 10.9. The van der Waals surface area contributed by atoms with E-state index in [0.29, 0.717) is 18.2 Å². The third-order valence-corrected chi connectivity index (χ3v) is 11.6. The van der Waals surface area contributed by atoms with Crippen molar-refractivity contribution in [1.29, 1.82) is 0 Å². The summed E-state index contributed by atoms with van der Waals surface area (Å²) in [6, 6.07) is 9.74. The number of hydrogen-bond donors (Lipinski definition) is 2. The van der Waals surface area contributed by atoms with Gasteiger partial charge in [0, 0.05) is 21.7 Å². The van der Waals surface area contributed by atoms with Gasteiger partial charge in [0.2, 0.25) is 0 Å². The molecular formula is C29H13Cl2N5Na4O14S4. The fraction of sp³-hybridized carbons (Fsp3) is 0. The molecule has 0 aliphatic carbocycles. The number of rotatable bonds is 8. The van der Waals surface area contributed by atoms with E-state index in [1.807, 2.05) is 0 Å². The molecule has 29 heteroatoms. The summed E-state index contributed by atoms with van der Waals surface area (Å²) in [6.07, 6.45) is 0. The van der Waals surface area contributed by atoms with Crippen molar-refractivity contribution in [2.45, 2.75) is 19.6 Å². The maximum absolute atomic E-state index is 13.4. The van der Waals surface area contributed by atoms with E-state index < -0.39 is 110 Å². The molecule has 0 saturated carbocycles. The van der Waals surface area contributed by atoms with Gasteiger partial charge in [-0.25, -0.2) is 43.6 Å². The SMILES string of the molecule is O=C(Nc1cc(S(=O)(=O)[O-])cc2cc(S(=O)(=O)[O-])c(N=Nc3ccc4c(S(=O)(=O)[O-])cccc4c3S(=O)(=O)[O-])c(O)c12)c1ccc2nc(Cl)c(Cl)nc2c1.[Na+].[Na+].[Na+].[Na+]. The van der Waals surface area contributed by atoms with Crippen molar-refractivity contribution in [3.8, 4) is 5.75 Å². The minimum atomic E-state index is -5.69. The maximum atomic E-state index is 13.4. The van der Waals surface area contributed by atoms with Crippen LogP contribution in [0, 0.1) is 0 Å². The first-order chi connectivity index (χ1) is 24.9. The molecule has 0 saturated heterocycles. The monoisotopic (exact) mass is 945 g/mol. The summed E-state index contributed by atoms with van der Waals surface area (Å²) >= 11 is 11.8. The normalized spacial score (nSPS) is 12.0. The number of halogens is 2. The number of fused-ring (bicyclic) bond motifs is 3. The Morgan fingerprint density at radius 2 is 1.26 bits per heavy atom. The summed E-state index contributed by atoms with van der Waals surface area (Å²) in [5.41, 5.74) is -2.64. The van der Waals surface area contributed by atoms with E-state index in [4.69, 9.17) is 23.2 Å². The smallest absolute Gasteiger partial charge is 0.744 e. The minimum Gasteiger partial charge on any atom is -0.744 e. The van der Waals surface area contributed by atoms with Crippen LogP contribution in [0.5, 0.6) is 5.75 Å². The molecule has 5 aromatic carbocycles. The van der Waals surface area contributed by atoms with Crippen LogP contribution in [0.4, 0.5) is 17.1 Å². The Morgan fingerprint density at radius 3 is 1.83 bits per heavy atom. The third kappa shape index (κ3) is 11.2. The molecule has 0 aliphatic rings. The summed E-state index contributed by atoms with van der Waals surface area (Å²) in [6.45, 7) is 0. The molecule has 280 valence electrons. The van der Waals surface area contributed by atoms with Crippen molar-refractivity contribution in [3.05, 3.63) is 82.6 Å². The summed E-state index contributed by atoms with van der Waals surface area (Å²) in [7, 11) is -21.9. The van der Waals surface area contributed by atoms with Gasteiger partial charge >= 0.3 is 118 Å². The number of nitrogens with zero attached hydrogens (tertiary/aromatic N) is 4. The molecule has 0 spiro atoms. The predicted octanol–water partition coefficient (Wildman–Crippen LogP) is -7.75. The molecule has 2 N–H and O–H groups in total. The molecule has 1 heterocycles. The molecular weight excluding hydrogens is 933 g/mol. The van der Waals surface area contributed by atoms with Crippen LogP contribution in [0.2, 0.25) is 10.3 Å². The van der Waals surface area contributed by atoms with Crippen LogP contribution in [0.1, 0.15) is 10.4 Å². The van der Waals surface area contributed by atoms with E-state index >= 15 is 0 Å². The van der Waals surface area contributed by atoms with Crippen LogP contribution in [0.3, 0.4) is 0 Å². The number of carbonyl (C=O) groups excluding carboxylic acids is 1. The molecule has 6 rings (SSSR count). The average molecular weight is 947 g/mol. The fourth-order valence-corrected chi connectivity index (χ4v) is 8.24. The van der Waals surface area contributed by atoms with Crippen molar-refractivity contribution < 1.29 is 180 Å². The second kappa shape index (κ2) is 19.6. The zero-order valence-electron chi connectivity index (χ0n) is 29.8. The average Bonchev–Trinajstić information content (AvgIpc) is 3.05. The molecule has 0 unspecified atom stereocenters. The van der Waals surface area contributed by atoms with Crippen molar-refractivity contribution in [1.82, 2.24) is 9.97 Å². The maximum Gasteiger partial charge on any atom is 1.00 e. The second-order valence-corrected chi connectivity index (χ2v) is 17.0. The molecule has 58 heavy (non-hydrogen) atoms. The molecule has 6 aromatic rings. The van der Waals surface area contributed by atoms with E-state index in [1.165, 1.54) is 18.2 Å². The number of anilines is 1. The van der Waals surface area contributed by atoms with Crippen LogP contribution in [-0.4, -0.2) is 72.9 Å². The number of carbonyl (C=O) groups is 1. The van der Waals surface area contributed by atoms with Gasteiger partial charge in [-0.05, 0) is 53.9 Å². The zero-order chi connectivity index (χ0) is 39.7. The first-order valence-corrected chi connectivity index (χ1v) is 20.4. The van der Waals surface area contributed by atoms with E-state index in [-0.39, 0.29) is 145 Å². The molecule has 0 radical (unpaired) electrons. The number of nitrogens with one attached hydrogen (secondary N) is 1. The Bertz CT molecular complexity index is 3170. The summed E-state index contributed by atoms with van der Waals surface area (Å²) in [4.78, 5) is 16.8. The van der Waals surface area contributed by atoms with E-state index in [2.05, 4.69) is 25.5 Å². The van der Waals surface area contributed by atoms with Gasteiger partial charge in [-0.1, -0.05) is 41.4 Å². The molecule has 0 aliphatic heterocycles. The third-order valence-electron chi connectivity index (χ3n) is 7.50. The van der Waals surface area contributed by atoms with E-state index in [9.17, 15) is 61.8 Å². The predicted molar refractivity (Wildman–Crippen MR) is 183 cm³/mol. The van der Waals surface area contributed by atoms with Crippen LogP contribution >= 0.6 is 23.2 Å². The van der Waals surface area contributed by atoms with Crippen molar-refractivity contribution in [2.24, 2.45) is 10.2 Å². The van der Waals surface area contributed by atoms with Gasteiger partial charge in [-0.2, -0.15) is 0 Å². The fourth-order valence-electron chi connectivity index (χ4n) is 5.29. The van der Waals surface area contributed by atoms with Gasteiger partial charge in [0.15, 0.2) is 16.1 Å². The van der Waals surface area contributed by atoms with Crippen molar-refractivity contribution in [3.63, 3.8) is 0 Å². The van der Waals surface area contributed by atoms with Gasteiger partial charge < -0.3 is 28.6 Å². The Labute approximate surface area is 426 Å². The van der Waals surface area contributed by atoms with Crippen LogP contribution < -0.4 is 124 Å². The Kier molecular flexibility index (Phi) is 18.0. The molecule has 0 atom stereocenters. The van der Waals surface area contributed by atoms with Gasteiger partial charge in [0.25, 0.3) is 5.91 Å². The standard InChI is InChI=1S/C29H17Cl2N5O14S4.4Na/c30-27-28(31)33-19-9-12(4-6-17(19)32-27)29(38)34-20-11-14(51(39,40)41)8-13-10-22(53(45,46)47)24(25(37)23(13)20)36-35-18-7-5-15-16(26(18)54(48,49)50)2-1-3-21(15)52(42,43)44;;;;/h1-11,37H,(H,34,38)(H,39,40,41)(H,42,43,44)(H,45,46,47)(H,48,49,50);;;;/q;4*+1/p-4. The quantitative estimate of drug-likeness (QED) is 0.0813. The Hall–Kier alpha value is -0.950. The molecule has 0 bridgehead atoms. The van der Waals surface area contributed by atoms with Gasteiger partial charge in [-0.3, -0.25) is 4.79 Å². The number of azo groups is 1. The number of benzene rings is 5. The van der Waals surface area contributed by atoms with Crippen molar-refractivity contribution >= 4 is 119 Å². The van der Waals surface area contributed by atoms with Gasteiger partial charge in [0.1, 0.15) is 51.8 Å². The Balaban J connectivity index is 0.00000290.